The van der Waals surface area contributed by atoms with Gasteiger partial charge in [0, 0.05) is 11.5 Å². The predicted octanol–water partition coefficient (Wildman–Crippen LogP) is 2.38. The van der Waals surface area contributed by atoms with Gasteiger partial charge in [0.15, 0.2) is 0 Å². The zero-order chi connectivity index (χ0) is 11.1. The van der Waals surface area contributed by atoms with Crippen LogP contribution in [0.1, 0.15) is 18.4 Å². The maximum absolute atomic E-state index is 10.7. The number of benzene rings is 1. The molecule has 0 saturated heterocycles. The monoisotopic (exact) mass is 271 g/mol. The third kappa shape index (κ3) is 1.77. The molecule has 0 bridgehead atoms. The van der Waals surface area contributed by atoms with Crippen molar-refractivity contribution < 1.29 is 10.0 Å². The van der Waals surface area contributed by atoms with Gasteiger partial charge in [0.05, 0.1) is 16.0 Å². The van der Waals surface area contributed by atoms with Crippen molar-refractivity contribution >= 4 is 21.6 Å². The lowest BCUT2D eigenvalue weighted by Crippen LogP contribution is -2.12. The van der Waals surface area contributed by atoms with Crippen LogP contribution in [0.3, 0.4) is 0 Å². The lowest BCUT2D eigenvalue weighted by molar-refractivity contribution is -0.385. The zero-order valence-electron chi connectivity index (χ0n) is 7.94. The first-order chi connectivity index (χ1) is 7.09. The maximum atomic E-state index is 10.7. The molecule has 0 atom stereocenters. The fourth-order valence-electron chi connectivity index (χ4n) is 1.67. The van der Waals surface area contributed by atoms with Gasteiger partial charge in [-0.05, 0) is 40.4 Å². The average molecular weight is 272 g/mol. The first-order valence-electron chi connectivity index (χ1n) is 4.64. The molecule has 1 aromatic carbocycles. The Bertz CT molecular complexity index is 415. The van der Waals surface area contributed by atoms with Gasteiger partial charge in [-0.15, -0.1) is 0 Å². The van der Waals surface area contributed by atoms with E-state index in [0.29, 0.717) is 4.47 Å². The van der Waals surface area contributed by atoms with Crippen LogP contribution >= 0.6 is 15.9 Å². The molecule has 1 N–H and O–H groups in total. The number of halogens is 1. The predicted molar refractivity (Wildman–Crippen MR) is 58.8 cm³/mol. The Hall–Kier alpha value is -0.940. The van der Waals surface area contributed by atoms with Crippen molar-refractivity contribution in [2.24, 2.45) is 0 Å². The molecule has 5 heteroatoms. The quantitative estimate of drug-likeness (QED) is 0.678. The minimum Gasteiger partial charge on any atom is -0.395 e. The van der Waals surface area contributed by atoms with Gasteiger partial charge in [-0.25, -0.2) is 0 Å². The molecule has 4 nitrogen and oxygen atoms in total. The number of aliphatic hydroxyl groups is 1. The van der Waals surface area contributed by atoms with E-state index in [1.54, 1.807) is 12.1 Å². The van der Waals surface area contributed by atoms with Crippen molar-refractivity contribution in [3.8, 4) is 0 Å². The van der Waals surface area contributed by atoms with Crippen LogP contribution in [0.25, 0.3) is 0 Å². The second-order valence-electron chi connectivity index (χ2n) is 3.86. The van der Waals surface area contributed by atoms with Crippen molar-refractivity contribution in [1.82, 2.24) is 0 Å². The van der Waals surface area contributed by atoms with Gasteiger partial charge in [0.25, 0.3) is 5.69 Å². The number of nitro groups is 1. The molecular formula is C10H10BrNO3. The summed E-state index contributed by atoms with van der Waals surface area (Å²) in [6.45, 7) is 0.0613. The van der Waals surface area contributed by atoms with Crippen LogP contribution in [0, 0.1) is 10.1 Å². The molecule has 0 aliphatic heterocycles. The van der Waals surface area contributed by atoms with E-state index >= 15 is 0 Å². The lowest BCUT2D eigenvalue weighted by Gasteiger charge is -2.11. The zero-order valence-corrected chi connectivity index (χ0v) is 9.53. The Morgan fingerprint density at radius 3 is 2.67 bits per heavy atom. The highest BCUT2D eigenvalue weighted by atomic mass is 79.9. The highest BCUT2D eigenvalue weighted by Crippen LogP contribution is 2.48. The first-order valence-corrected chi connectivity index (χ1v) is 5.44. The molecule has 0 heterocycles. The van der Waals surface area contributed by atoms with E-state index in [9.17, 15) is 15.2 Å². The minimum absolute atomic E-state index is 0.0613. The van der Waals surface area contributed by atoms with E-state index in [2.05, 4.69) is 15.9 Å². The van der Waals surface area contributed by atoms with E-state index in [0.717, 1.165) is 18.4 Å². The van der Waals surface area contributed by atoms with Crippen molar-refractivity contribution in [2.45, 2.75) is 18.3 Å². The standard InChI is InChI=1S/C10H10BrNO3/c11-8-2-1-7(5-9(8)12(14)15)10(6-13)3-4-10/h1-2,5,13H,3-4,6H2. The van der Waals surface area contributed by atoms with Crippen molar-refractivity contribution in [2.75, 3.05) is 6.61 Å². The Labute approximate surface area is 95.2 Å². The second-order valence-corrected chi connectivity index (χ2v) is 4.72. The van der Waals surface area contributed by atoms with Crippen LogP contribution in [0.2, 0.25) is 0 Å². The molecular weight excluding hydrogens is 262 g/mol. The molecule has 1 aliphatic rings. The third-order valence-corrected chi connectivity index (χ3v) is 3.58. The number of hydrogen-bond donors (Lipinski definition) is 1. The average Bonchev–Trinajstić information content (AvgIpc) is 2.99. The summed E-state index contributed by atoms with van der Waals surface area (Å²) in [6.07, 6.45) is 1.81. The van der Waals surface area contributed by atoms with E-state index in [1.807, 2.05) is 6.07 Å². The number of nitrogens with zero attached hydrogens (tertiary/aromatic N) is 1. The van der Waals surface area contributed by atoms with Crippen molar-refractivity contribution in [3.05, 3.63) is 38.3 Å². The van der Waals surface area contributed by atoms with Crippen LogP contribution in [0.4, 0.5) is 5.69 Å². The molecule has 80 valence electrons. The fraction of sp³-hybridized carbons (Fsp3) is 0.400. The summed E-state index contributed by atoms with van der Waals surface area (Å²) in [5.41, 5.74) is 0.706. The number of aliphatic hydroxyl groups excluding tert-OH is 1. The van der Waals surface area contributed by atoms with Crippen LogP contribution < -0.4 is 0 Å². The van der Waals surface area contributed by atoms with Gasteiger partial charge in [0.2, 0.25) is 0 Å². The highest BCUT2D eigenvalue weighted by Gasteiger charge is 2.44. The summed E-state index contributed by atoms with van der Waals surface area (Å²) in [7, 11) is 0. The molecule has 15 heavy (non-hydrogen) atoms. The second kappa shape index (κ2) is 3.57. The third-order valence-electron chi connectivity index (χ3n) is 2.91. The normalized spacial score (nSPS) is 17.5. The smallest absolute Gasteiger partial charge is 0.283 e. The van der Waals surface area contributed by atoms with Crippen molar-refractivity contribution in [1.29, 1.82) is 0 Å². The van der Waals surface area contributed by atoms with Crippen LogP contribution in [-0.2, 0) is 5.41 Å². The summed E-state index contributed by atoms with van der Waals surface area (Å²) < 4.78 is 0.477. The van der Waals surface area contributed by atoms with E-state index in [4.69, 9.17) is 0 Å². The molecule has 1 aliphatic carbocycles. The molecule has 2 rings (SSSR count). The minimum atomic E-state index is -0.416. The Morgan fingerprint density at radius 1 is 1.53 bits per heavy atom. The van der Waals surface area contributed by atoms with E-state index < -0.39 is 4.92 Å². The summed E-state index contributed by atoms with van der Waals surface area (Å²) in [5.74, 6) is 0. The lowest BCUT2D eigenvalue weighted by atomic mass is 9.97. The van der Waals surface area contributed by atoms with Gasteiger partial charge in [-0.2, -0.15) is 0 Å². The summed E-state index contributed by atoms with van der Waals surface area (Å²) in [4.78, 5) is 10.3. The fourth-order valence-corrected chi connectivity index (χ4v) is 2.06. The molecule has 0 amide bonds. The Kier molecular flexibility index (Phi) is 2.52. The molecule has 0 aromatic heterocycles. The summed E-state index contributed by atoms with van der Waals surface area (Å²) in [6, 6.07) is 5.05. The van der Waals surface area contributed by atoms with Gasteiger partial charge >= 0.3 is 0 Å². The van der Waals surface area contributed by atoms with Gasteiger partial charge in [0.1, 0.15) is 0 Å². The number of hydrogen-bond acceptors (Lipinski definition) is 3. The summed E-state index contributed by atoms with van der Waals surface area (Å²) in [5, 5.41) is 19.9. The molecule has 0 unspecified atom stereocenters. The topological polar surface area (TPSA) is 63.4 Å². The van der Waals surface area contributed by atoms with E-state index in [-0.39, 0.29) is 17.7 Å². The van der Waals surface area contributed by atoms with E-state index in [1.165, 1.54) is 0 Å². The Morgan fingerprint density at radius 2 is 2.20 bits per heavy atom. The number of rotatable bonds is 3. The first kappa shape index (κ1) is 10.6. The SMILES string of the molecule is O=[N+]([O-])c1cc(C2(CO)CC2)ccc1Br. The van der Waals surface area contributed by atoms with Crippen molar-refractivity contribution in [3.63, 3.8) is 0 Å². The molecule has 1 fully saturated rings. The number of nitro benzene ring substituents is 1. The maximum Gasteiger partial charge on any atom is 0.283 e. The Balaban J connectivity index is 2.43. The highest BCUT2D eigenvalue weighted by molar-refractivity contribution is 9.10. The van der Waals surface area contributed by atoms with Gasteiger partial charge in [-0.1, -0.05) is 6.07 Å². The van der Waals surface area contributed by atoms with Gasteiger partial charge in [-0.3, -0.25) is 10.1 Å². The van der Waals surface area contributed by atoms with Crippen LogP contribution in [0.5, 0.6) is 0 Å². The molecule has 0 spiro atoms. The largest absolute Gasteiger partial charge is 0.395 e. The van der Waals surface area contributed by atoms with Gasteiger partial charge < -0.3 is 5.11 Å². The molecule has 1 saturated carbocycles. The van der Waals surface area contributed by atoms with Crippen LogP contribution in [0.15, 0.2) is 22.7 Å². The molecule has 0 radical (unpaired) electrons. The summed E-state index contributed by atoms with van der Waals surface area (Å²) >= 11 is 3.14. The van der Waals surface area contributed by atoms with Crippen LogP contribution in [-0.4, -0.2) is 16.6 Å². The molecule has 1 aromatic rings.